The molecule has 6 nitrogen and oxygen atoms in total. The first-order valence-electron chi connectivity index (χ1n) is 11.1. The van der Waals surface area contributed by atoms with Crippen molar-refractivity contribution in [3.63, 3.8) is 0 Å². The Labute approximate surface area is 173 Å². The van der Waals surface area contributed by atoms with E-state index in [4.69, 9.17) is 9.47 Å². The molecule has 1 aromatic carbocycles. The zero-order valence-corrected chi connectivity index (χ0v) is 17.5. The lowest BCUT2D eigenvalue weighted by Crippen LogP contribution is -2.21. The number of nitrogens with one attached hydrogen (secondary N) is 2. The Morgan fingerprint density at radius 3 is 1.90 bits per heavy atom. The van der Waals surface area contributed by atoms with Gasteiger partial charge in [-0.25, -0.2) is 9.59 Å². The lowest BCUT2D eigenvalue weighted by atomic mass is 9.90. The number of rotatable bonds is 6. The molecule has 0 saturated heterocycles. The van der Waals surface area contributed by atoms with Crippen LogP contribution < -0.4 is 10.6 Å². The second-order valence-corrected chi connectivity index (χ2v) is 8.48. The normalized spacial score (nSPS) is 18.1. The van der Waals surface area contributed by atoms with Crippen molar-refractivity contribution in [1.82, 2.24) is 0 Å². The maximum atomic E-state index is 12.2. The Balaban J connectivity index is 1.45. The predicted molar refractivity (Wildman–Crippen MR) is 114 cm³/mol. The first-order valence-corrected chi connectivity index (χ1v) is 11.1. The fraction of sp³-hybridized carbons (Fsp3) is 0.652. The van der Waals surface area contributed by atoms with E-state index in [0.29, 0.717) is 36.4 Å². The van der Waals surface area contributed by atoms with Crippen LogP contribution in [0.1, 0.15) is 69.8 Å². The summed E-state index contributed by atoms with van der Waals surface area (Å²) in [5.41, 5.74) is 2.12. The molecule has 2 saturated carbocycles. The minimum atomic E-state index is -0.453. The fourth-order valence-corrected chi connectivity index (χ4v) is 4.23. The zero-order chi connectivity index (χ0) is 20.5. The van der Waals surface area contributed by atoms with Gasteiger partial charge in [0, 0.05) is 11.4 Å². The molecule has 0 unspecified atom stereocenters. The highest BCUT2D eigenvalue weighted by Gasteiger charge is 2.17. The van der Waals surface area contributed by atoms with Crippen LogP contribution in [-0.2, 0) is 9.47 Å². The molecule has 29 heavy (non-hydrogen) atoms. The molecule has 0 bridgehead atoms. The van der Waals surface area contributed by atoms with Gasteiger partial charge < -0.3 is 9.47 Å². The van der Waals surface area contributed by atoms with Crippen LogP contribution in [0.25, 0.3) is 0 Å². The van der Waals surface area contributed by atoms with Gasteiger partial charge in [0.15, 0.2) is 0 Å². The molecule has 160 valence electrons. The van der Waals surface area contributed by atoms with Crippen LogP contribution in [-0.4, -0.2) is 25.4 Å². The highest BCUT2D eigenvalue weighted by molar-refractivity contribution is 5.89. The number of benzene rings is 1. The second-order valence-electron chi connectivity index (χ2n) is 8.48. The summed E-state index contributed by atoms with van der Waals surface area (Å²) in [4.78, 5) is 24.3. The Hall–Kier alpha value is -2.24. The van der Waals surface area contributed by atoms with Crippen molar-refractivity contribution in [3.8, 4) is 0 Å². The topological polar surface area (TPSA) is 76.7 Å². The molecule has 0 atom stereocenters. The third kappa shape index (κ3) is 7.26. The number of aryl methyl sites for hydroxylation is 1. The first kappa shape index (κ1) is 21.5. The molecule has 0 radical (unpaired) electrons. The number of amides is 2. The van der Waals surface area contributed by atoms with Gasteiger partial charge in [-0.1, -0.05) is 44.6 Å². The Morgan fingerprint density at radius 2 is 1.34 bits per heavy atom. The molecule has 0 aromatic heterocycles. The lowest BCUT2D eigenvalue weighted by molar-refractivity contribution is 0.128. The van der Waals surface area contributed by atoms with Gasteiger partial charge in [-0.2, -0.15) is 0 Å². The smallest absolute Gasteiger partial charge is 0.411 e. The fourth-order valence-electron chi connectivity index (χ4n) is 4.23. The molecule has 3 rings (SSSR count). The largest absolute Gasteiger partial charge is 0.449 e. The summed E-state index contributed by atoms with van der Waals surface area (Å²) >= 11 is 0. The highest BCUT2D eigenvalue weighted by atomic mass is 16.6. The van der Waals surface area contributed by atoms with Crippen LogP contribution in [0, 0.1) is 18.8 Å². The van der Waals surface area contributed by atoms with Crippen molar-refractivity contribution in [3.05, 3.63) is 23.8 Å². The van der Waals surface area contributed by atoms with Gasteiger partial charge in [-0.15, -0.1) is 0 Å². The summed E-state index contributed by atoms with van der Waals surface area (Å²) in [5.74, 6) is 0.950. The monoisotopic (exact) mass is 402 g/mol. The molecule has 2 fully saturated rings. The van der Waals surface area contributed by atoms with Gasteiger partial charge in [0.05, 0.1) is 13.2 Å². The predicted octanol–water partition coefficient (Wildman–Crippen LogP) is 6.25. The molecule has 2 amide bonds. The van der Waals surface area contributed by atoms with Crippen LogP contribution in [0.15, 0.2) is 18.2 Å². The summed E-state index contributed by atoms with van der Waals surface area (Å²) in [6.07, 6.45) is 11.1. The summed E-state index contributed by atoms with van der Waals surface area (Å²) < 4.78 is 10.8. The summed E-state index contributed by atoms with van der Waals surface area (Å²) in [7, 11) is 0. The maximum absolute atomic E-state index is 12.2. The van der Waals surface area contributed by atoms with Crippen LogP contribution in [0.4, 0.5) is 21.0 Å². The average molecular weight is 403 g/mol. The van der Waals surface area contributed by atoms with E-state index in [0.717, 1.165) is 31.2 Å². The van der Waals surface area contributed by atoms with Crippen molar-refractivity contribution < 1.29 is 19.1 Å². The van der Waals surface area contributed by atoms with Crippen molar-refractivity contribution in [2.45, 2.75) is 71.1 Å². The van der Waals surface area contributed by atoms with Crippen LogP contribution >= 0.6 is 0 Å². The van der Waals surface area contributed by atoms with Crippen LogP contribution in [0.5, 0.6) is 0 Å². The minimum Gasteiger partial charge on any atom is -0.449 e. The van der Waals surface area contributed by atoms with Gasteiger partial charge in [-0.3, -0.25) is 10.6 Å². The number of anilines is 2. The number of ether oxygens (including phenoxy) is 2. The van der Waals surface area contributed by atoms with Gasteiger partial charge in [0.25, 0.3) is 0 Å². The number of hydrogen-bond donors (Lipinski definition) is 2. The van der Waals surface area contributed by atoms with E-state index in [-0.39, 0.29) is 0 Å². The van der Waals surface area contributed by atoms with E-state index in [9.17, 15) is 9.59 Å². The van der Waals surface area contributed by atoms with Crippen LogP contribution in [0.2, 0.25) is 0 Å². The van der Waals surface area contributed by atoms with Gasteiger partial charge in [-0.05, 0) is 62.1 Å². The van der Waals surface area contributed by atoms with E-state index >= 15 is 0 Å². The maximum Gasteiger partial charge on any atom is 0.411 e. The van der Waals surface area contributed by atoms with Crippen molar-refractivity contribution in [1.29, 1.82) is 0 Å². The van der Waals surface area contributed by atoms with Gasteiger partial charge >= 0.3 is 12.2 Å². The quantitative estimate of drug-likeness (QED) is 0.589. The standard InChI is InChI=1S/C23H34N2O4/c1-17-12-13-20(24-22(26)28-15-18-8-4-2-5-9-18)14-21(17)25-23(27)29-16-19-10-6-3-7-11-19/h12-14,18-19H,2-11,15-16H2,1H3,(H,24,26)(H,25,27). The lowest BCUT2D eigenvalue weighted by Gasteiger charge is -2.21. The molecule has 6 heteroatoms. The Bertz CT molecular complexity index is 679. The molecule has 0 heterocycles. The summed E-state index contributed by atoms with van der Waals surface area (Å²) in [6, 6.07) is 5.39. The zero-order valence-electron chi connectivity index (χ0n) is 17.5. The second kappa shape index (κ2) is 11.1. The van der Waals surface area contributed by atoms with Gasteiger partial charge in [0.1, 0.15) is 0 Å². The van der Waals surface area contributed by atoms with E-state index in [2.05, 4.69) is 10.6 Å². The highest BCUT2D eigenvalue weighted by Crippen LogP contribution is 2.25. The van der Waals surface area contributed by atoms with E-state index in [1.807, 2.05) is 13.0 Å². The molecule has 2 aliphatic carbocycles. The summed E-state index contributed by atoms with van der Waals surface area (Å²) in [5, 5.41) is 5.55. The molecule has 2 aliphatic rings. The molecule has 0 spiro atoms. The molecular weight excluding hydrogens is 368 g/mol. The number of hydrogen-bond acceptors (Lipinski definition) is 4. The first-order chi connectivity index (χ1) is 14.1. The number of carbonyl (C=O) groups is 2. The molecule has 0 aliphatic heterocycles. The van der Waals surface area contributed by atoms with Crippen molar-refractivity contribution >= 4 is 23.6 Å². The number of carbonyl (C=O) groups excluding carboxylic acids is 2. The van der Waals surface area contributed by atoms with E-state index in [1.165, 1.54) is 38.5 Å². The average Bonchev–Trinajstić information content (AvgIpc) is 2.75. The van der Waals surface area contributed by atoms with E-state index < -0.39 is 12.2 Å². The Morgan fingerprint density at radius 1 is 0.828 bits per heavy atom. The minimum absolute atomic E-state index is 0.448. The third-order valence-electron chi connectivity index (χ3n) is 6.07. The molecule has 1 aromatic rings. The summed E-state index contributed by atoms with van der Waals surface area (Å²) in [6.45, 7) is 2.84. The van der Waals surface area contributed by atoms with Crippen molar-refractivity contribution in [2.24, 2.45) is 11.8 Å². The Kier molecular flexibility index (Phi) is 8.20. The van der Waals surface area contributed by atoms with Crippen LogP contribution in [0.3, 0.4) is 0 Å². The molecule has 2 N–H and O–H groups in total. The SMILES string of the molecule is Cc1ccc(NC(=O)OCC2CCCCC2)cc1NC(=O)OCC1CCCCC1. The van der Waals surface area contributed by atoms with E-state index in [1.54, 1.807) is 12.1 Å². The molecular formula is C23H34N2O4. The van der Waals surface area contributed by atoms with Crippen molar-refractivity contribution in [2.75, 3.05) is 23.8 Å². The van der Waals surface area contributed by atoms with Gasteiger partial charge in [0.2, 0.25) is 0 Å². The third-order valence-corrected chi connectivity index (χ3v) is 6.07.